The number of aryl methyl sites for hydroxylation is 1. The largest absolute Gasteiger partial charge is 0.465 e. The van der Waals surface area contributed by atoms with Crippen LogP contribution < -0.4 is 0 Å². The van der Waals surface area contributed by atoms with Crippen LogP contribution in [0.4, 0.5) is 0 Å². The molecule has 1 aliphatic rings. The Morgan fingerprint density at radius 2 is 1.41 bits per heavy atom. The van der Waals surface area contributed by atoms with Gasteiger partial charge in [0.25, 0.3) is 10.0 Å². The minimum Gasteiger partial charge on any atom is -0.465 e. The van der Waals surface area contributed by atoms with Gasteiger partial charge in [0, 0.05) is 11.6 Å². The minimum absolute atomic E-state index is 0.175. The van der Waals surface area contributed by atoms with Crippen molar-refractivity contribution in [1.29, 1.82) is 0 Å². The van der Waals surface area contributed by atoms with Gasteiger partial charge in [0.15, 0.2) is 6.10 Å². The summed E-state index contributed by atoms with van der Waals surface area (Å²) in [7, 11) is -3.88. The van der Waals surface area contributed by atoms with E-state index in [1.54, 1.807) is 18.2 Å². The summed E-state index contributed by atoms with van der Waals surface area (Å²) in [5.41, 5.74) is 4.68. The van der Waals surface area contributed by atoms with Crippen molar-refractivity contribution < 1.29 is 13.2 Å². The van der Waals surface area contributed by atoms with E-state index in [9.17, 15) is 8.42 Å². The SMILES string of the molecule is Cc1ccc(S(=O)(=O)N2Cc3ccccc3[C@@H](c3ccccc3)O/C2=C/c2ccccc2)cc1. The minimum atomic E-state index is -3.88. The normalized spacial score (nSPS) is 17.0. The molecule has 1 atom stereocenters. The van der Waals surface area contributed by atoms with Gasteiger partial charge in [-0.15, -0.1) is 0 Å². The maximum Gasteiger partial charge on any atom is 0.266 e. The van der Waals surface area contributed by atoms with Gasteiger partial charge >= 0.3 is 0 Å². The second kappa shape index (κ2) is 9.20. The zero-order valence-electron chi connectivity index (χ0n) is 18.8. The van der Waals surface area contributed by atoms with Gasteiger partial charge in [-0.3, -0.25) is 0 Å². The number of nitrogens with zero attached hydrogens (tertiary/aromatic N) is 1. The molecule has 4 nitrogen and oxygen atoms in total. The van der Waals surface area contributed by atoms with Gasteiger partial charge in [-0.05, 0) is 35.7 Å². The maximum absolute atomic E-state index is 13.9. The highest BCUT2D eigenvalue weighted by molar-refractivity contribution is 7.89. The molecule has 5 rings (SSSR count). The van der Waals surface area contributed by atoms with E-state index in [1.807, 2.05) is 104 Å². The quantitative estimate of drug-likeness (QED) is 0.354. The molecule has 34 heavy (non-hydrogen) atoms. The highest BCUT2D eigenvalue weighted by atomic mass is 32.2. The van der Waals surface area contributed by atoms with Crippen LogP contribution in [0.3, 0.4) is 0 Å². The lowest BCUT2D eigenvalue weighted by atomic mass is 9.97. The van der Waals surface area contributed by atoms with Crippen LogP contribution in [-0.4, -0.2) is 12.7 Å². The van der Waals surface area contributed by atoms with Crippen LogP contribution in [-0.2, 0) is 21.3 Å². The Morgan fingerprint density at radius 3 is 2.12 bits per heavy atom. The Bertz CT molecular complexity index is 1410. The van der Waals surface area contributed by atoms with Crippen LogP contribution >= 0.6 is 0 Å². The van der Waals surface area contributed by atoms with E-state index in [0.29, 0.717) is 0 Å². The fourth-order valence-corrected chi connectivity index (χ4v) is 5.50. The summed E-state index contributed by atoms with van der Waals surface area (Å²) in [4.78, 5) is 0.233. The number of sulfonamides is 1. The Labute approximate surface area is 200 Å². The Kier molecular flexibility index (Phi) is 5.95. The van der Waals surface area contributed by atoms with Crippen molar-refractivity contribution in [3.8, 4) is 0 Å². The van der Waals surface area contributed by atoms with Gasteiger partial charge in [0.1, 0.15) is 0 Å². The maximum atomic E-state index is 13.9. The molecule has 170 valence electrons. The third-order valence-corrected chi connectivity index (χ3v) is 7.69. The molecule has 4 aromatic carbocycles. The first-order valence-electron chi connectivity index (χ1n) is 11.2. The monoisotopic (exact) mass is 467 g/mol. The number of ether oxygens (including phenoxy) is 1. The first-order chi connectivity index (χ1) is 16.5. The highest BCUT2D eigenvalue weighted by Gasteiger charge is 2.34. The first kappa shape index (κ1) is 22.0. The first-order valence-corrected chi connectivity index (χ1v) is 12.6. The summed E-state index contributed by atoms with van der Waals surface area (Å²) in [6, 6.07) is 34.3. The van der Waals surface area contributed by atoms with Gasteiger partial charge in [-0.25, -0.2) is 12.7 Å². The fourth-order valence-electron chi connectivity index (χ4n) is 4.12. The van der Waals surface area contributed by atoms with Crippen molar-refractivity contribution in [2.24, 2.45) is 0 Å². The lowest BCUT2D eigenvalue weighted by Gasteiger charge is -2.26. The Hall–Kier alpha value is -3.83. The number of benzene rings is 4. The molecule has 0 N–H and O–H groups in total. The van der Waals surface area contributed by atoms with E-state index >= 15 is 0 Å². The van der Waals surface area contributed by atoms with Gasteiger partial charge in [0.2, 0.25) is 5.88 Å². The van der Waals surface area contributed by atoms with Crippen molar-refractivity contribution >= 4 is 16.1 Å². The molecule has 0 radical (unpaired) electrons. The predicted octanol–water partition coefficient (Wildman–Crippen LogP) is 6.30. The predicted molar refractivity (Wildman–Crippen MR) is 134 cm³/mol. The molecule has 0 aromatic heterocycles. The van der Waals surface area contributed by atoms with Crippen LogP contribution in [0.15, 0.2) is 120 Å². The van der Waals surface area contributed by atoms with Crippen LogP contribution in [0.25, 0.3) is 6.08 Å². The number of hydrogen-bond donors (Lipinski definition) is 0. The molecule has 5 heteroatoms. The van der Waals surface area contributed by atoms with Crippen LogP contribution in [0.1, 0.15) is 33.9 Å². The van der Waals surface area contributed by atoms with Crippen LogP contribution in [0.5, 0.6) is 0 Å². The molecule has 1 heterocycles. The molecule has 0 saturated heterocycles. The fraction of sp³-hybridized carbons (Fsp3) is 0.103. The molecular weight excluding hydrogens is 442 g/mol. The van der Waals surface area contributed by atoms with E-state index in [4.69, 9.17) is 4.74 Å². The second-order valence-electron chi connectivity index (χ2n) is 8.33. The average molecular weight is 468 g/mol. The summed E-state index contributed by atoms with van der Waals surface area (Å²) >= 11 is 0. The van der Waals surface area contributed by atoms with Gasteiger partial charge in [-0.2, -0.15) is 0 Å². The van der Waals surface area contributed by atoms with E-state index in [2.05, 4.69) is 0 Å². The van der Waals surface area contributed by atoms with Crippen molar-refractivity contribution in [3.63, 3.8) is 0 Å². The molecule has 0 fully saturated rings. The third-order valence-electron chi connectivity index (χ3n) is 5.94. The molecule has 0 bridgehead atoms. The second-order valence-corrected chi connectivity index (χ2v) is 10.2. The lowest BCUT2D eigenvalue weighted by Crippen LogP contribution is -2.30. The van der Waals surface area contributed by atoms with E-state index < -0.39 is 16.1 Å². The number of rotatable bonds is 4. The Balaban J connectivity index is 1.70. The average Bonchev–Trinajstić information content (AvgIpc) is 3.03. The molecule has 0 spiro atoms. The molecule has 0 saturated carbocycles. The van der Waals surface area contributed by atoms with Crippen molar-refractivity contribution in [3.05, 3.63) is 143 Å². The number of hydrogen-bond acceptors (Lipinski definition) is 3. The third kappa shape index (κ3) is 4.35. The van der Waals surface area contributed by atoms with Gasteiger partial charge < -0.3 is 4.74 Å². The standard InChI is InChI=1S/C29H25NO3S/c1-22-16-18-26(19-17-22)34(31,32)30-21-25-14-8-9-15-27(25)29(24-12-6-3-7-13-24)33-28(30)20-23-10-4-2-5-11-23/h2-20,29H,21H2,1H3/b28-20+/t29-/m1/s1. The smallest absolute Gasteiger partial charge is 0.266 e. The highest BCUT2D eigenvalue weighted by Crippen LogP contribution is 2.38. The lowest BCUT2D eigenvalue weighted by molar-refractivity contribution is 0.114. The summed E-state index contributed by atoms with van der Waals surface area (Å²) in [5.74, 6) is 0.289. The molecule has 0 aliphatic carbocycles. The molecule has 0 unspecified atom stereocenters. The van der Waals surface area contributed by atoms with E-state index in [-0.39, 0.29) is 17.3 Å². The van der Waals surface area contributed by atoms with Crippen molar-refractivity contribution in [1.82, 2.24) is 4.31 Å². The van der Waals surface area contributed by atoms with Crippen LogP contribution in [0, 0.1) is 6.92 Å². The summed E-state index contributed by atoms with van der Waals surface area (Å²) < 4.78 is 35.8. The van der Waals surface area contributed by atoms with E-state index in [1.165, 1.54) is 4.31 Å². The van der Waals surface area contributed by atoms with Crippen molar-refractivity contribution in [2.75, 3.05) is 0 Å². The topological polar surface area (TPSA) is 46.6 Å². The molecule has 0 amide bonds. The zero-order valence-corrected chi connectivity index (χ0v) is 19.7. The van der Waals surface area contributed by atoms with Gasteiger partial charge in [0.05, 0.1) is 11.4 Å². The van der Waals surface area contributed by atoms with Crippen LogP contribution in [0.2, 0.25) is 0 Å². The van der Waals surface area contributed by atoms with Crippen molar-refractivity contribution in [2.45, 2.75) is 24.5 Å². The zero-order chi connectivity index (χ0) is 23.5. The van der Waals surface area contributed by atoms with E-state index in [0.717, 1.165) is 27.8 Å². The summed E-state index contributed by atoms with van der Waals surface area (Å²) in [5, 5.41) is 0. The summed E-state index contributed by atoms with van der Waals surface area (Å²) in [6.07, 6.45) is 1.36. The number of fused-ring (bicyclic) bond motifs is 1. The van der Waals surface area contributed by atoms with Gasteiger partial charge in [-0.1, -0.05) is 103 Å². The molecule has 1 aliphatic heterocycles. The Morgan fingerprint density at radius 1 is 0.794 bits per heavy atom. The molecule has 4 aromatic rings. The molecular formula is C29H25NO3S. The summed E-state index contributed by atoms with van der Waals surface area (Å²) in [6.45, 7) is 2.11.